The van der Waals surface area contributed by atoms with Crippen LogP contribution in [0.15, 0.2) is 12.1 Å². The van der Waals surface area contributed by atoms with Crippen LogP contribution in [0.25, 0.3) is 0 Å². The molecule has 2 rings (SSSR count). The molecule has 0 fully saturated rings. The number of nitrogens with zero attached hydrogens (tertiary/aromatic N) is 1. The van der Waals surface area contributed by atoms with Gasteiger partial charge in [-0.1, -0.05) is 13.8 Å². The van der Waals surface area contributed by atoms with Gasteiger partial charge in [0.05, 0.1) is 11.0 Å². The number of hydrogen-bond acceptors (Lipinski definition) is 5. The van der Waals surface area contributed by atoms with Gasteiger partial charge < -0.3 is 15.2 Å². The second kappa shape index (κ2) is 5.44. The second-order valence-corrected chi connectivity index (χ2v) is 4.67. The summed E-state index contributed by atoms with van der Waals surface area (Å²) in [6.45, 7) is 4.73. The number of ether oxygens (including phenoxy) is 2. The lowest BCUT2D eigenvalue weighted by Gasteiger charge is -2.23. The van der Waals surface area contributed by atoms with E-state index in [0.29, 0.717) is 30.3 Å². The summed E-state index contributed by atoms with van der Waals surface area (Å²) in [5, 5.41) is 11.2. The third-order valence-electron chi connectivity index (χ3n) is 3.49. The van der Waals surface area contributed by atoms with Crippen molar-refractivity contribution in [2.45, 2.75) is 32.2 Å². The highest BCUT2D eigenvalue weighted by Gasteiger charge is 2.27. The fraction of sp³-hybridized carbons (Fsp3) is 0.538. The van der Waals surface area contributed by atoms with Crippen LogP contribution in [0.3, 0.4) is 0 Å². The van der Waals surface area contributed by atoms with Crippen LogP contribution in [-0.2, 0) is 0 Å². The molecule has 0 saturated carbocycles. The van der Waals surface area contributed by atoms with E-state index in [1.807, 2.05) is 13.8 Å². The molecule has 0 bridgehead atoms. The van der Waals surface area contributed by atoms with Gasteiger partial charge in [-0.2, -0.15) is 0 Å². The van der Waals surface area contributed by atoms with Gasteiger partial charge in [0, 0.05) is 17.5 Å². The van der Waals surface area contributed by atoms with Gasteiger partial charge in [0.15, 0.2) is 11.5 Å². The normalized spacial score (nSPS) is 16.8. The lowest BCUT2D eigenvalue weighted by atomic mass is 9.90. The number of benzene rings is 1. The molecule has 0 spiro atoms. The quantitative estimate of drug-likeness (QED) is 0.666. The van der Waals surface area contributed by atoms with Gasteiger partial charge >= 0.3 is 0 Å². The van der Waals surface area contributed by atoms with E-state index in [2.05, 4.69) is 0 Å². The Balaban J connectivity index is 2.48. The average Bonchev–Trinajstić information content (AvgIpc) is 2.44. The number of nitro benzene ring substituents is 1. The molecule has 6 heteroatoms. The number of nitro groups is 1. The molecule has 1 aliphatic rings. The zero-order chi connectivity index (χ0) is 14.0. The molecule has 0 amide bonds. The third kappa shape index (κ3) is 2.63. The van der Waals surface area contributed by atoms with Crippen LogP contribution in [0.5, 0.6) is 11.5 Å². The molecule has 0 radical (unpaired) electrons. The van der Waals surface area contributed by atoms with Crippen LogP contribution in [0, 0.1) is 10.1 Å². The summed E-state index contributed by atoms with van der Waals surface area (Å²) < 4.78 is 10.8. The van der Waals surface area contributed by atoms with Crippen molar-refractivity contribution in [2.24, 2.45) is 5.73 Å². The SMILES string of the molecule is CCC(N)C(C)c1cc2c(cc1[N+](=O)[O-])OCCO2. The maximum atomic E-state index is 11.2. The van der Waals surface area contributed by atoms with Gasteiger partial charge in [-0.05, 0) is 12.5 Å². The molecule has 104 valence electrons. The Bertz CT molecular complexity index is 490. The minimum Gasteiger partial charge on any atom is -0.486 e. The number of hydrogen-bond donors (Lipinski definition) is 1. The molecule has 2 atom stereocenters. The molecular formula is C13H18N2O4. The van der Waals surface area contributed by atoms with E-state index < -0.39 is 4.92 Å². The number of rotatable bonds is 4. The first-order valence-corrected chi connectivity index (χ1v) is 6.38. The van der Waals surface area contributed by atoms with E-state index in [9.17, 15) is 10.1 Å². The summed E-state index contributed by atoms with van der Waals surface area (Å²) in [4.78, 5) is 10.8. The Morgan fingerprint density at radius 1 is 1.37 bits per heavy atom. The molecule has 1 heterocycles. The van der Waals surface area contributed by atoms with Gasteiger partial charge in [0.1, 0.15) is 13.2 Å². The van der Waals surface area contributed by atoms with Crippen molar-refractivity contribution in [3.05, 3.63) is 27.8 Å². The molecule has 6 nitrogen and oxygen atoms in total. The molecule has 1 aromatic carbocycles. The fourth-order valence-electron chi connectivity index (χ4n) is 2.20. The van der Waals surface area contributed by atoms with E-state index in [0.717, 1.165) is 6.42 Å². The van der Waals surface area contributed by atoms with Crippen molar-refractivity contribution in [1.82, 2.24) is 0 Å². The molecule has 0 aromatic heterocycles. The van der Waals surface area contributed by atoms with Crippen molar-refractivity contribution < 1.29 is 14.4 Å². The minimum absolute atomic E-state index is 0.0423. The predicted octanol–water partition coefficient (Wildman–Crippen LogP) is 2.21. The molecule has 1 aliphatic heterocycles. The average molecular weight is 266 g/mol. The summed E-state index contributed by atoms with van der Waals surface area (Å²) >= 11 is 0. The van der Waals surface area contributed by atoms with E-state index in [1.54, 1.807) is 6.07 Å². The van der Waals surface area contributed by atoms with Crippen LogP contribution in [-0.4, -0.2) is 24.2 Å². The fourth-order valence-corrected chi connectivity index (χ4v) is 2.20. The first kappa shape index (κ1) is 13.6. The Hall–Kier alpha value is -1.82. The second-order valence-electron chi connectivity index (χ2n) is 4.67. The maximum absolute atomic E-state index is 11.2. The zero-order valence-electron chi connectivity index (χ0n) is 11.1. The largest absolute Gasteiger partial charge is 0.486 e. The van der Waals surface area contributed by atoms with Crippen molar-refractivity contribution in [1.29, 1.82) is 0 Å². The van der Waals surface area contributed by atoms with Gasteiger partial charge in [0.25, 0.3) is 5.69 Å². The maximum Gasteiger partial charge on any atom is 0.276 e. The van der Waals surface area contributed by atoms with Gasteiger partial charge in [-0.3, -0.25) is 10.1 Å². The summed E-state index contributed by atoms with van der Waals surface area (Å²) in [5.74, 6) is 0.877. The van der Waals surface area contributed by atoms with Crippen LogP contribution < -0.4 is 15.2 Å². The third-order valence-corrected chi connectivity index (χ3v) is 3.49. The summed E-state index contributed by atoms with van der Waals surface area (Å²) in [6, 6.07) is 3.00. The van der Waals surface area contributed by atoms with Gasteiger partial charge in [-0.25, -0.2) is 0 Å². The van der Waals surface area contributed by atoms with E-state index >= 15 is 0 Å². The topological polar surface area (TPSA) is 87.6 Å². The Morgan fingerprint density at radius 2 is 1.95 bits per heavy atom. The van der Waals surface area contributed by atoms with Crippen molar-refractivity contribution in [2.75, 3.05) is 13.2 Å². The highest BCUT2D eigenvalue weighted by Crippen LogP contribution is 2.40. The van der Waals surface area contributed by atoms with Gasteiger partial charge in [-0.15, -0.1) is 0 Å². The summed E-state index contributed by atoms with van der Waals surface area (Å²) in [6.07, 6.45) is 0.757. The highest BCUT2D eigenvalue weighted by atomic mass is 16.6. The van der Waals surface area contributed by atoms with Crippen molar-refractivity contribution in [3.63, 3.8) is 0 Å². The highest BCUT2D eigenvalue weighted by molar-refractivity contribution is 5.56. The lowest BCUT2D eigenvalue weighted by molar-refractivity contribution is -0.385. The van der Waals surface area contributed by atoms with Crippen LogP contribution in [0.1, 0.15) is 31.7 Å². The molecule has 0 saturated heterocycles. The smallest absolute Gasteiger partial charge is 0.276 e. The molecular weight excluding hydrogens is 248 g/mol. The monoisotopic (exact) mass is 266 g/mol. The number of nitrogens with two attached hydrogens (primary N) is 1. The first-order valence-electron chi connectivity index (χ1n) is 6.38. The lowest BCUT2D eigenvalue weighted by Crippen LogP contribution is -2.26. The van der Waals surface area contributed by atoms with E-state index in [-0.39, 0.29) is 17.6 Å². The Morgan fingerprint density at radius 3 is 2.47 bits per heavy atom. The zero-order valence-corrected chi connectivity index (χ0v) is 11.1. The standard InChI is InChI=1S/C13H18N2O4/c1-3-10(14)8(2)9-6-12-13(19-5-4-18-12)7-11(9)15(16)17/h6-8,10H,3-5,14H2,1-2H3. The molecule has 2 N–H and O–H groups in total. The Kier molecular flexibility index (Phi) is 3.90. The molecule has 1 aromatic rings. The summed E-state index contributed by atoms with van der Waals surface area (Å²) in [5.41, 5.74) is 6.64. The van der Waals surface area contributed by atoms with Crippen LogP contribution in [0.2, 0.25) is 0 Å². The minimum atomic E-state index is -0.396. The van der Waals surface area contributed by atoms with E-state index in [4.69, 9.17) is 15.2 Å². The molecule has 0 aliphatic carbocycles. The van der Waals surface area contributed by atoms with Crippen LogP contribution in [0.4, 0.5) is 5.69 Å². The molecule has 2 unspecified atom stereocenters. The first-order chi connectivity index (χ1) is 9.04. The summed E-state index contributed by atoms with van der Waals surface area (Å²) in [7, 11) is 0. The Labute approximate surface area is 111 Å². The van der Waals surface area contributed by atoms with Crippen LogP contribution >= 0.6 is 0 Å². The van der Waals surface area contributed by atoms with Crippen molar-refractivity contribution >= 4 is 5.69 Å². The van der Waals surface area contributed by atoms with Gasteiger partial charge in [0.2, 0.25) is 0 Å². The number of fused-ring (bicyclic) bond motifs is 1. The molecule has 19 heavy (non-hydrogen) atoms. The van der Waals surface area contributed by atoms with E-state index in [1.165, 1.54) is 6.07 Å². The van der Waals surface area contributed by atoms with Crippen molar-refractivity contribution in [3.8, 4) is 11.5 Å². The predicted molar refractivity (Wildman–Crippen MR) is 70.8 cm³/mol.